The molecule has 1 aromatic heterocycles. The summed E-state index contributed by atoms with van der Waals surface area (Å²) in [5.41, 5.74) is -0.163. The smallest absolute Gasteiger partial charge is 0.417 e. The molecular weight excluding hydrogens is 514 g/mol. The van der Waals surface area contributed by atoms with Crippen LogP contribution in [-0.4, -0.2) is 61.8 Å². The van der Waals surface area contributed by atoms with E-state index in [1.165, 1.54) is 0 Å². The van der Waals surface area contributed by atoms with E-state index in [1.807, 2.05) is 11.9 Å². The first-order valence-corrected chi connectivity index (χ1v) is 12.7. The molecule has 0 unspecified atom stereocenters. The van der Waals surface area contributed by atoms with Gasteiger partial charge in [-0.15, -0.1) is 0 Å². The summed E-state index contributed by atoms with van der Waals surface area (Å²) >= 11 is 0. The normalized spacial score (nSPS) is 18.3. The lowest BCUT2D eigenvalue weighted by atomic mass is 10.0. The van der Waals surface area contributed by atoms with Gasteiger partial charge in [0, 0.05) is 49.7 Å². The van der Waals surface area contributed by atoms with E-state index in [4.69, 9.17) is 4.74 Å². The van der Waals surface area contributed by atoms with Gasteiger partial charge in [-0.05, 0) is 55.6 Å². The number of ether oxygens (including phenoxy) is 1. The standard InChI is InChI=1S/C28H29F4N5O2/c1-17-13-22(28(30,31)32)21(15-33-17)27(38)34-23-14-19(5-7-24(23)37-11-9-36(2)10-12-37)20-6-8-25(35-26(20)29)39-16-18-3-4-18/h5-8,13-15,18,33H,1,3-4,9-12,16H2,2H3,(H,34,38). The molecule has 3 aliphatic rings. The van der Waals surface area contributed by atoms with Crippen molar-refractivity contribution in [1.82, 2.24) is 15.2 Å². The molecule has 3 heterocycles. The van der Waals surface area contributed by atoms with Gasteiger partial charge >= 0.3 is 6.18 Å². The third-order valence-electron chi connectivity index (χ3n) is 6.95. The zero-order valence-corrected chi connectivity index (χ0v) is 21.4. The highest BCUT2D eigenvalue weighted by Gasteiger charge is 2.40. The maximum atomic E-state index is 15.0. The number of nitrogens with zero attached hydrogens (tertiary/aromatic N) is 3. The van der Waals surface area contributed by atoms with E-state index >= 15 is 4.39 Å². The van der Waals surface area contributed by atoms with Gasteiger partial charge in [0.25, 0.3) is 5.91 Å². The van der Waals surface area contributed by atoms with Crippen molar-refractivity contribution < 1.29 is 27.1 Å². The number of carbonyl (C=O) groups excluding carboxylic acids is 1. The number of dihydropyridines is 1. The third kappa shape index (κ3) is 6.25. The number of pyridine rings is 1. The molecular formula is C28H29F4N5O2. The van der Waals surface area contributed by atoms with Crippen LogP contribution < -0.4 is 20.3 Å². The summed E-state index contributed by atoms with van der Waals surface area (Å²) in [6.07, 6.45) is -0.785. The van der Waals surface area contributed by atoms with Crippen LogP contribution in [-0.2, 0) is 4.79 Å². The Hall–Kier alpha value is -3.86. The van der Waals surface area contributed by atoms with Crippen LogP contribution in [0.4, 0.5) is 28.9 Å². The largest absolute Gasteiger partial charge is 0.477 e. The fraction of sp³-hybridized carbons (Fsp3) is 0.357. The summed E-state index contributed by atoms with van der Waals surface area (Å²) in [5.74, 6) is -1.01. The van der Waals surface area contributed by atoms with E-state index < -0.39 is 29.2 Å². The van der Waals surface area contributed by atoms with E-state index in [9.17, 15) is 18.0 Å². The number of likely N-dealkylation sites (N-methyl/N-ethyl adjacent to an activating group) is 1. The van der Waals surface area contributed by atoms with Crippen molar-refractivity contribution in [2.45, 2.75) is 19.0 Å². The number of aromatic nitrogens is 1. The van der Waals surface area contributed by atoms with Crippen LogP contribution in [0.25, 0.3) is 11.1 Å². The van der Waals surface area contributed by atoms with Crippen molar-refractivity contribution >= 4 is 17.3 Å². The number of anilines is 2. The minimum Gasteiger partial charge on any atom is -0.477 e. The topological polar surface area (TPSA) is 69.7 Å². The maximum Gasteiger partial charge on any atom is 0.417 e. The van der Waals surface area contributed by atoms with Gasteiger partial charge in [-0.2, -0.15) is 22.5 Å². The predicted molar refractivity (Wildman–Crippen MR) is 141 cm³/mol. The molecule has 1 aliphatic carbocycles. The number of alkyl halides is 3. The SMILES string of the molecule is C=C1C=C(C(F)(F)F)C(C(=O)Nc2cc(-c3ccc(OCC4CC4)nc3F)ccc2N2CCN(C)CC2)=CN1. The van der Waals surface area contributed by atoms with E-state index in [1.54, 1.807) is 30.3 Å². The van der Waals surface area contributed by atoms with Crippen molar-refractivity contribution in [2.75, 3.05) is 50.1 Å². The molecule has 0 radical (unpaired) electrons. The molecule has 11 heteroatoms. The van der Waals surface area contributed by atoms with Crippen LogP contribution >= 0.6 is 0 Å². The first kappa shape index (κ1) is 26.7. The number of hydrogen-bond acceptors (Lipinski definition) is 6. The first-order chi connectivity index (χ1) is 18.6. The average Bonchev–Trinajstić information content (AvgIpc) is 3.72. The fourth-order valence-corrected chi connectivity index (χ4v) is 4.48. The number of rotatable bonds is 7. The third-order valence-corrected chi connectivity index (χ3v) is 6.95. The monoisotopic (exact) mass is 543 g/mol. The zero-order valence-electron chi connectivity index (χ0n) is 21.4. The Bertz CT molecular complexity index is 1340. The highest BCUT2D eigenvalue weighted by Crippen LogP contribution is 2.37. The van der Waals surface area contributed by atoms with Gasteiger partial charge in [0.2, 0.25) is 11.8 Å². The minimum absolute atomic E-state index is 0.0199. The molecule has 0 spiro atoms. The maximum absolute atomic E-state index is 15.0. The lowest BCUT2D eigenvalue weighted by Gasteiger charge is -2.35. The van der Waals surface area contributed by atoms with Gasteiger partial charge < -0.3 is 25.2 Å². The molecule has 2 aliphatic heterocycles. The van der Waals surface area contributed by atoms with Gasteiger partial charge in [-0.25, -0.2) is 0 Å². The first-order valence-electron chi connectivity index (χ1n) is 12.7. The molecule has 39 heavy (non-hydrogen) atoms. The van der Waals surface area contributed by atoms with E-state index in [0.717, 1.165) is 38.2 Å². The summed E-state index contributed by atoms with van der Waals surface area (Å²) in [6, 6.07) is 8.14. The van der Waals surface area contributed by atoms with Crippen molar-refractivity contribution in [3.8, 4) is 17.0 Å². The predicted octanol–water partition coefficient (Wildman–Crippen LogP) is 4.86. The van der Waals surface area contributed by atoms with Crippen LogP contribution in [0.1, 0.15) is 12.8 Å². The van der Waals surface area contributed by atoms with Crippen LogP contribution in [0.3, 0.4) is 0 Å². The second-order valence-corrected chi connectivity index (χ2v) is 10.0. The minimum atomic E-state index is -4.76. The Labute approximate surface area is 223 Å². The fourth-order valence-electron chi connectivity index (χ4n) is 4.48. The number of nitrogens with one attached hydrogen (secondary N) is 2. The molecule has 1 aromatic carbocycles. The second kappa shape index (κ2) is 10.7. The number of piperazine rings is 1. The van der Waals surface area contributed by atoms with Gasteiger partial charge in [0.05, 0.1) is 29.1 Å². The van der Waals surface area contributed by atoms with E-state index in [2.05, 4.69) is 27.1 Å². The van der Waals surface area contributed by atoms with Crippen molar-refractivity contribution in [1.29, 1.82) is 0 Å². The summed E-state index contributed by atoms with van der Waals surface area (Å²) in [6.45, 7) is 6.84. The highest BCUT2D eigenvalue weighted by molar-refractivity contribution is 6.09. The Morgan fingerprint density at radius 3 is 2.59 bits per heavy atom. The number of amides is 1. The van der Waals surface area contributed by atoms with Crippen molar-refractivity contribution in [3.63, 3.8) is 0 Å². The molecule has 1 saturated carbocycles. The molecule has 0 atom stereocenters. The summed E-state index contributed by atoms with van der Waals surface area (Å²) in [5, 5.41) is 5.22. The van der Waals surface area contributed by atoms with Crippen molar-refractivity contribution in [3.05, 3.63) is 72.0 Å². The molecule has 2 aromatic rings. The summed E-state index contributed by atoms with van der Waals surface area (Å²) < 4.78 is 61.7. The number of halogens is 4. The molecule has 2 fully saturated rings. The van der Waals surface area contributed by atoms with Crippen LogP contribution in [0.15, 0.2) is 66.0 Å². The van der Waals surface area contributed by atoms with Gasteiger partial charge in [0.1, 0.15) is 0 Å². The van der Waals surface area contributed by atoms with Crippen molar-refractivity contribution in [2.24, 2.45) is 5.92 Å². The molecule has 5 rings (SSSR count). The highest BCUT2D eigenvalue weighted by atomic mass is 19.4. The van der Waals surface area contributed by atoms with Gasteiger partial charge in [-0.1, -0.05) is 12.6 Å². The summed E-state index contributed by atoms with van der Waals surface area (Å²) in [4.78, 5) is 21.3. The lowest BCUT2D eigenvalue weighted by molar-refractivity contribution is -0.115. The zero-order chi connectivity index (χ0) is 27.7. The molecule has 1 amide bonds. The van der Waals surface area contributed by atoms with Crippen LogP contribution in [0.5, 0.6) is 5.88 Å². The van der Waals surface area contributed by atoms with Gasteiger partial charge in [-0.3, -0.25) is 4.79 Å². The summed E-state index contributed by atoms with van der Waals surface area (Å²) in [7, 11) is 2.00. The molecule has 7 nitrogen and oxygen atoms in total. The van der Waals surface area contributed by atoms with Crippen LogP contribution in [0, 0.1) is 11.9 Å². The van der Waals surface area contributed by atoms with Gasteiger partial charge in [0.15, 0.2) is 0 Å². The van der Waals surface area contributed by atoms with E-state index in [-0.39, 0.29) is 22.8 Å². The number of hydrogen-bond donors (Lipinski definition) is 2. The molecule has 1 saturated heterocycles. The quantitative estimate of drug-likeness (QED) is 0.384. The Balaban J connectivity index is 1.46. The van der Waals surface area contributed by atoms with E-state index in [0.29, 0.717) is 36.9 Å². The number of carbonyl (C=O) groups is 1. The average molecular weight is 544 g/mol. The number of allylic oxidation sites excluding steroid dienone is 1. The number of benzene rings is 1. The molecule has 0 bridgehead atoms. The Morgan fingerprint density at radius 2 is 1.92 bits per heavy atom. The van der Waals surface area contributed by atoms with Crippen LogP contribution in [0.2, 0.25) is 0 Å². The molecule has 2 N–H and O–H groups in total. The Morgan fingerprint density at radius 1 is 1.18 bits per heavy atom. The lowest BCUT2D eigenvalue weighted by Crippen LogP contribution is -2.44. The molecule has 206 valence electrons. The second-order valence-electron chi connectivity index (χ2n) is 10.0. The Kier molecular flexibility index (Phi) is 7.35.